The minimum atomic E-state index is -1.55. The van der Waals surface area contributed by atoms with Crippen molar-refractivity contribution in [2.45, 2.75) is 31.0 Å². The summed E-state index contributed by atoms with van der Waals surface area (Å²) in [5.41, 5.74) is -0.494. The van der Waals surface area contributed by atoms with Crippen molar-refractivity contribution in [2.24, 2.45) is 0 Å². The van der Waals surface area contributed by atoms with Gasteiger partial charge in [0, 0.05) is 18.2 Å². The zero-order valence-corrected chi connectivity index (χ0v) is 11.3. The molecule has 1 aliphatic carbocycles. The topological polar surface area (TPSA) is 53.4 Å². The first kappa shape index (κ1) is 14.1. The average molecular weight is 291 g/mol. The molecule has 2 atom stereocenters. The fraction of sp³-hybridized carbons (Fsp3) is 0.312. The van der Waals surface area contributed by atoms with Crippen LogP contribution >= 0.6 is 0 Å². The molecule has 1 heterocycles. The second-order valence-electron chi connectivity index (χ2n) is 5.41. The molecule has 3 rings (SSSR count). The highest BCUT2D eigenvalue weighted by Crippen LogP contribution is 2.39. The molecule has 2 aromatic rings. The van der Waals surface area contributed by atoms with Crippen LogP contribution < -0.4 is 0 Å². The maximum atomic E-state index is 14.0. The van der Waals surface area contributed by atoms with Crippen LogP contribution in [0.15, 0.2) is 36.5 Å². The van der Waals surface area contributed by atoms with Crippen molar-refractivity contribution < 1.29 is 19.0 Å². The fourth-order valence-corrected chi connectivity index (χ4v) is 2.91. The number of pyridine rings is 1. The number of nitrogens with zero attached hydrogens (tertiary/aromatic N) is 1. The second kappa shape index (κ2) is 5.16. The first-order valence-corrected chi connectivity index (χ1v) is 6.80. The number of rotatable bonds is 1. The van der Waals surface area contributed by atoms with Crippen LogP contribution in [0.25, 0.3) is 0 Å². The zero-order chi connectivity index (χ0) is 15.0. The van der Waals surface area contributed by atoms with Crippen molar-refractivity contribution in [3.8, 4) is 0 Å². The van der Waals surface area contributed by atoms with E-state index in [0.29, 0.717) is 11.3 Å². The summed E-state index contributed by atoms with van der Waals surface area (Å²) in [6.07, 6.45) is 1.20. The lowest BCUT2D eigenvalue weighted by atomic mass is 9.85. The fourth-order valence-electron chi connectivity index (χ4n) is 2.91. The molecule has 0 spiro atoms. The molecule has 3 nitrogen and oxygen atoms in total. The van der Waals surface area contributed by atoms with Gasteiger partial charge in [-0.3, -0.25) is 4.98 Å². The van der Waals surface area contributed by atoms with Gasteiger partial charge >= 0.3 is 0 Å². The lowest BCUT2D eigenvalue weighted by Gasteiger charge is -2.28. The summed E-state index contributed by atoms with van der Waals surface area (Å²) in [6.45, 7) is 0. The lowest BCUT2D eigenvalue weighted by Crippen LogP contribution is -2.29. The van der Waals surface area contributed by atoms with Crippen molar-refractivity contribution in [1.29, 1.82) is 0 Å². The standard InChI is InChI=1S/C16H15F2NO2/c17-12-5-1-4-11(14(12)18)16(21)7-6-13(20)15-10(9-16)3-2-8-19-15/h1-5,8,13,20-21H,6-7,9H2. The maximum Gasteiger partial charge on any atom is 0.164 e. The molecule has 0 radical (unpaired) electrons. The first-order valence-electron chi connectivity index (χ1n) is 6.80. The van der Waals surface area contributed by atoms with E-state index in [2.05, 4.69) is 4.98 Å². The molecule has 2 N–H and O–H groups in total. The van der Waals surface area contributed by atoms with E-state index in [4.69, 9.17) is 0 Å². The van der Waals surface area contributed by atoms with Gasteiger partial charge in [0.25, 0.3) is 0 Å². The summed E-state index contributed by atoms with van der Waals surface area (Å²) in [7, 11) is 0. The monoisotopic (exact) mass is 291 g/mol. The van der Waals surface area contributed by atoms with Crippen molar-refractivity contribution in [3.63, 3.8) is 0 Å². The van der Waals surface area contributed by atoms with Crippen LogP contribution in [0.4, 0.5) is 8.78 Å². The molecule has 0 aliphatic heterocycles. The summed E-state index contributed by atoms with van der Waals surface area (Å²) in [5, 5.41) is 20.9. The number of aliphatic hydroxyl groups excluding tert-OH is 1. The number of fused-ring (bicyclic) bond motifs is 1. The van der Waals surface area contributed by atoms with Gasteiger partial charge in [-0.2, -0.15) is 0 Å². The van der Waals surface area contributed by atoms with Gasteiger partial charge in [-0.25, -0.2) is 8.78 Å². The highest BCUT2D eigenvalue weighted by atomic mass is 19.2. The Hall–Kier alpha value is -1.85. The third-order valence-electron chi connectivity index (χ3n) is 4.01. The SMILES string of the molecule is OC1CCC(O)(c2cccc(F)c2F)Cc2cccnc21. The predicted octanol–water partition coefficient (Wildman–Crippen LogP) is 2.62. The van der Waals surface area contributed by atoms with Gasteiger partial charge in [0.1, 0.15) is 0 Å². The Morgan fingerprint density at radius 2 is 2.00 bits per heavy atom. The Morgan fingerprint density at radius 1 is 1.19 bits per heavy atom. The molecule has 0 amide bonds. The minimum Gasteiger partial charge on any atom is -0.387 e. The van der Waals surface area contributed by atoms with E-state index >= 15 is 0 Å². The van der Waals surface area contributed by atoms with E-state index < -0.39 is 23.3 Å². The highest BCUT2D eigenvalue weighted by Gasteiger charge is 2.37. The Morgan fingerprint density at radius 3 is 2.81 bits per heavy atom. The van der Waals surface area contributed by atoms with E-state index in [1.54, 1.807) is 18.3 Å². The van der Waals surface area contributed by atoms with Crippen LogP contribution in [0.1, 0.15) is 35.8 Å². The molecule has 110 valence electrons. The van der Waals surface area contributed by atoms with E-state index in [1.165, 1.54) is 12.1 Å². The maximum absolute atomic E-state index is 14.0. The summed E-state index contributed by atoms with van der Waals surface area (Å²) in [6, 6.07) is 7.20. The molecule has 2 unspecified atom stereocenters. The van der Waals surface area contributed by atoms with Gasteiger partial charge in [-0.15, -0.1) is 0 Å². The number of hydrogen-bond donors (Lipinski definition) is 2. The number of benzene rings is 1. The normalized spacial score (nSPS) is 25.2. The number of halogens is 2. The van der Waals surface area contributed by atoms with Gasteiger partial charge in [-0.1, -0.05) is 18.2 Å². The minimum absolute atomic E-state index is 0.0774. The van der Waals surface area contributed by atoms with E-state index in [1.807, 2.05) is 0 Å². The quantitative estimate of drug-likeness (QED) is 0.794. The molecule has 0 fully saturated rings. The van der Waals surface area contributed by atoms with Gasteiger partial charge < -0.3 is 10.2 Å². The molecule has 1 aromatic heterocycles. The van der Waals surface area contributed by atoms with Gasteiger partial charge in [0.05, 0.1) is 17.4 Å². The molecule has 21 heavy (non-hydrogen) atoms. The Kier molecular flexibility index (Phi) is 3.47. The van der Waals surface area contributed by atoms with Crippen LogP contribution in [0.5, 0.6) is 0 Å². The molecule has 1 aliphatic rings. The summed E-state index contributed by atoms with van der Waals surface area (Å²) < 4.78 is 27.5. The van der Waals surface area contributed by atoms with Crippen molar-refractivity contribution in [2.75, 3.05) is 0 Å². The van der Waals surface area contributed by atoms with Crippen molar-refractivity contribution in [3.05, 3.63) is 65.0 Å². The number of aliphatic hydroxyl groups is 2. The Labute approximate surface area is 120 Å². The Balaban J connectivity index is 2.09. The van der Waals surface area contributed by atoms with E-state index in [9.17, 15) is 19.0 Å². The predicted molar refractivity (Wildman–Crippen MR) is 72.4 cm³/mol. The Bertz CT molecular complexity index is 677. The highest BCUT2D eigenvalue weighted by molar-refractivity contribution is 5.32. The first-order chi connectivity index (χ1) is 10.0. The van der Waals surface area contributed by atoms with Gasteiger partial charge in [-0.05, 0) is 30.5 Å². The number of aromatic nitrogens is 1. The van der Waals surface area contributed by atoms with Crippen LogP contribution in [0.3, 0.4) is 0 Å². The van der Waals surface area contributed by atoms with Gasteiger partial charge in [0.15, 0.2) is 11.6 Å². The summed E-state index contributed by atoms with van der Waals surface area (Å²) in [4.78, 5) is 4.13. The zero-order valence-electron chi connectivity index (χ0n) is 11.3. The number of hydrogen-bond acceptors (Lipinski definition) is 3. The summed E-state index contributed by atoms with van der Waals surface area (Å²) >= 11 is 0. The molecule has 0 saturated carbocycles. The summed E-state index contributed by atoms with van der Waals surface area (Å²) in [5.74, 6) is -2.03. The molecular formula is C16H15F2NO2. The third kappa shape index (κ3) is 2.43. The molecule has 5 heteroatoms. The van der Waals surface area contributed by atoms with Gasteiger partial charge in [0.2, 0.25) is 0 Å². The third-order valence-corrected chi connectivity index (χ3v) is 4.01. The van der Waals surface area contributed by atoms with Crippen molar-refractivity contribution >= 4 is 0 Å². The van der Waals surface area contributed by atoms with E-state index in [0.717, 1.165) is 6.07 Å². The van der Waals surface area contributed by atoms with E-state index in [-0.39, 0.29) is 24.8 Å². The largest absolute Gasteiger partial charge is 0.387 e. The van der Waals surface area contributed by atoms with Crippen LogP contribution in [0, 0.1) is 11.6 Å². The molecular weight excluding hydrogens is 276 g/mol. The van der Waals surface area contributed by atoms with Crippen LogP contribution in [-0.4, -0.2) is 15.2 Å². The van der Waals surface area contributed by atoms with Crippen molar-refractivity contribution in [1.82, 2.24) is 4.98 Å². The van der Waals surface area contributed by atoms with Crippen LogP contribution in [-0.2, 0) is 12.0 Å². The van der Waals surface area contributed by atoms with Crippen LogP contribution in [0.2, 0.25) is 0 Å². The molecule has 1 aromatic carbocycles. The molecule has 0 bridgehead atoms. The second-order valence-corrected chi connectivity index (χ2v) is 5.41. The average Bonchev–Trinajstić information content (AvgIpc) is 2.60. The lowest BCUT2D eigenvalue weighted by molar-refractivity contribution is 0.0143. The smallest absolute Gasteiger partial charge is 0.164 e. The molecule has 0 saturated heterocycles.